The average Bonchev–Trinajstić information content (AvgIpc) is 2.37. The zero-order valence-corrected chi connectivity index (χ0v) is 5.00. The fraction of sp³-hybridized carbons (Fsp3) is 0.167. The number of rotatable bonds is 1. The molecule has 3 nitrogen and oxygen atoms in total. The molecule has 0 aromatic heterocycles. The summed E-state index contributed by atoms with van der Waals surface area (Å²) < 4.78 is 0. The third-order valence-electron chi connectivity index (χ3n) is 1.08. The van der Waals surface area contributed by atoms with Crippen LogP contribution < -0.4 is 5.43 Å². The van der Waals surface area contributed by atoms with Crippen molar-refractivity contribution in [1.29, 1.82) is 0 Å². The fourth-order valence-electron chi connectivity index (χ4n) is 0.617. The number of nitrogens with zero attached hydrogens (tertiary/aromatic N) is 1. The maximum Gasteiger partial charge on any atom is 0.264 e. The van der Waals surface area contributed by atoms with Crippen molar-refractivity contribution >= 4 is 5.91 Å². The first-order valence-electron chi connectivity index (χ1n) is 2.69. The smallest absolute Gasteiger partial charge is 0.264 e. The molecule has 0 unspecified atom stereocenters. The second-order valence-corrected chi connectivity index (χ2v) is 1.68. The minimum atomic E-state index is -0.0972. The first-order valence-corrected chi connectivity index (χ1v) is 2.69. The topological polar surface area (TPSA) is 32.3 Å². The lowest BCUT2D eigenvalue weighted by Crippen LogP contribution is -2.34. The van der Waals surface area contributed by atoms with Crippen LogP contribution >= 0.6 is 0 Å². The molecular formula is C6H8N2O. The van der Waals surface area contributed by atoms with Gasteiger partial charge in [0.25, 0.3) is 5.91 Å². The highest BCUT2D eigenvalue weighted by atomic mass is 16.2. The van der Waals surface area contributed by atoms with Gasteiger partial charge in [-0.25, -0.2) is 5.01 Å². The quantitative estimate of drug-likeness (QED) is 0.500. The molecule has 48 valence electrons. The molecule has 1 rings (SSSR count). The van der Waals surface area contributed by atoms with Gasteiger partial charge >= 0.3 is 0 Å². The van der Waals surface area contributed by atoms with Crippen molar-refractivity contribution < 1.29 is 4.79 Å². The fourth-order valence-corrected chi connectivity index (χ4v) is 0.617. The standard InChI is InChI=1S/C6H8N2O/c1-2-6(9)8-5-3-4-7-8/h2-4,7H,1,5H2. The number of amides is 1. The Kier molecular flexibility index (Phi) is 1.53. The van der Waals surface area contributed by atoms with Crippen molar-refractivity contribution in [3.63, 3.8) is 0 Å². The van der Waals surface area contributed by atoms with Crippen molar-refractivity contribution in [2.45, 2.75) is 0 Å². The lowest BCUT2D eigenvalue weighted by atomic mass is 10.5. The summed E-state index contributed by atoms with van der Waals surface area (Å²) in [4.78, 5) is 10.7. The number of hydrazine groups is 1. The highest BCUT2D eigenvalue weighted by molar-refractivity contribution is 5.86. The van der Waals surface area contributed by atoms with E-state index in [9.17, 15) is 4.79 Å². The van der Waals surface area contributed by atoms with E-state index in [1.165, 1.54) is 11.1 Å². The van der Waals surface area contributed by atoms with E-state index in [2.05, 4.69) is 12.0 Å². The molecule has 0 atom stereocenters. The summed E-state index contributed by atoms with van der Waals surface area (Å²) in [5.74, 6) is -0.0972. The SMILES string of the molecule is C=CC(=O)N1CC=CN1. The Bertz CT molecular complexity index is 154. The lowest BCUT2D eigenvalue weighted by molar-refractivity contribution is -0.127. The molecule has 0 aliphatic carbocycles. The normalized spacial score (nSPS) is 15.3. The molecule has 0 saturated heterocycles. The Morgan fingerprint density at radius 2 is 2.67 bits per heavy atom. The summed E-state index contributed by atoms with van der Waals surface area (Å²) in [6.07, 6.45) is 4.86. The minimum absolute atomic E-state index is 0.0972. The van der Waals surface area contributed by atoms with Crippen LogP contribution in [0.5, 0.6) is 0 Å². The van der Waals surface area contributed by atoms with Gasteiger partial charge in [-0.3, -0.25) is 4.79 Å². The zero-order valence-electron chi connectivity index (χ0n) is 5.00. The largest absolute Gasteiger partial charge is 0.303 e. The van der Waals surface area contributed by atoms with Crippen molar-refractivity contribution in [3.05, 3.63) is 24.9 Å². The Labute approximate surface area is 53.6 Å². The Morgan fingerprint density at radius 1 is 1.89 bits per heavy atom. The highest BCUT2D eigenvalue weighted by Gasteiger charge is 2.08. The molecule has 1 aliphatic rings. The van der Waals surface area contributed by atoms with Crippen LogP contribution in [0, 0.1) is 0 Å². The predicted octanol–water partition coefficient (Wildman–Crippen LogP) is 0.0329. The van der Waals surface area contributed by atoms with Gasteiger partial charge in [-0.05, 0) is 12.2 Å². The Hall–Kier alpha value is -1.25. The van der Waals surface area contributed by atoms with Crippen molar-refractivity contribution in [2.24, 2.45) is 0 Å². The Balaban J connectivity index is 2.45. The second kappa shape index (κ2) is 2.35. The van der Waals surface area contributed by atoms with E-state index < -0.39 is 0 Å². The van der Waals surface area contributed by atoms with E-state index in [4.69, 9.17) is 0 Å². The van der Waals surface area contributed by atoms with E-state index in [1.807, 2.05) is 6.08 Å². The molecule has 0 radical (unpaired) electrons. The molecule has 0 aromatic rings. The zero-order chi connectivity index (χ0) is 6.69. The first-order chi connectivity index (χ1) is 4.34. The molecule has 3 heteroatoms. The number of nitrogens with one attached hydrogen (secondary N) is 1. The van der Waals surface area contributed by atoms with Gasteiger partial charge in [0.05, 0.1) is 6.54 Å². The van der Waals surface area contributed by atoms with Gasteiger partial charge in [-0.2, -0.15) is 0 Å². The Morgan fingerprint density at radius 3 is 3.11 bits per heavy atom. The van der Waals surface area contributed by atoms with Gasteiger partial charge < -0.3 is 5.43 Å². The number of carbonyl (C=O) groups excluding carboxylic acids is 1. The van der Waals surface area contributed by atoms with E-state index >= 15 is 0 Å². The lowest BCUT2D eigenvalue weighted by Gasteiger charge is -2.12. The third-order valence-corrected chi connectivity index (χ3v) is 1.08. The van der Waals surface area contributed by atoms with E-state index in [1.54, 1.807) is 6.20 Å². The van der Waals surface area contributed by atoms with Gasteiger partial charge in [0, 0.05) is 6.20 Å². The summed E-state index contributed by atoms with van der Waals surface area (Å²) in [5.41, 5.74) is 2.74. The minimum Gasteiger partial charge on any atom is -0.303 e. The summed E-state index contributed by atoms with van der Waals surface area (Å²) in [6.45, 7) is 3.98. The monoisotopic (exact) mass is 124 g/mol. The highest BCUT2D eigenvalue weighted by Crippen LogP contribution is 1.92. The van der Waals surface area contributed by atoms with Gasteiger partial charge in [0.15, 0.2) is 0 Å². The van der Waals surface area contributed by atoms with E-state index in [0.29, 0.717) is 6.54 Å². The molecule has 0 spiro atoms. The third kappa shape index (κ3) is 1.10. The van der Waals surface area contributed by atoms with Gasteiger partial charge in [-0.15, -0.1) is 0 Å². The van der Waals surface area contributed by atoms with Crippen LogP contribution in [0.1, 0.15) is 0 Å². The predicted molar refractivity (Wildman–Crippen MR) is 34.2 cm³/mol. The summed E-state index contributed by atoms with van der Waals surface area (Å²) in [7, 11) is 0. The number of hydrogen-bond donors (Lipinski definition) is 1. The summed E-state index contributed by atoms with van der Waals surface area (Å²) in [5, 5.41) is 1.47. The first kappa shape index (κ1) is 5.88. The maximum atomic E-state index is 10.7. The molecule has 0 fully saturated rings. The molecule has 1 heterocycles. The molecular weight excluding hydrogens is 116 g/mol. The molecule has 1 N–H and O–H groups in total. The van der Waals surface area contributed by atoms with Crippen LogP contribution in [-0.2, 0) is 4.79 Å². The number of carbonyl (C=O) groups is 1. The van der Waals surface area contributed by atoms with Crippen molar-refractivity contribution in [3.8, 4) is 0 Å². The average molecular weight is 124 g/mol. The molecule has 9 heavy (non-hydrogen) atoms. The maximum absolute atomic E-state index is 10.7. The van der Waals surface area contributed by atoms with Crippen LogP contribution in [0.2, 0.25) is 0 Å². The number of hydrogen-bond acceptors (Lipinski definition) is 2. The second-order valence-electron chi connectivity index (χ2n) is 1.68. The van der Waals surface area contributed by atoms with Crippen LogP contribution in [-0.4, -0.2) is 17.5 Å². The van der Waals surface area contributed by atoms with Crippen molar-refractivity contribution in [1.82, 2.24) is 10.4 Å². The molecule has 1 aliphatic heterocycles. The van der Waals surface area contributed by atoms with Crippen LogP contribution in [0.4, 0.5) is 0 Å². The van der Waals surface area contributed by atoms with E-state index in [0.717, 1.165) is 0 Å². The summed E-state index contributed by atoms with van der Waals surface area (Å²) in [6, 6.07) is 0. The summed E-state index contributed by atoms with van der Waals surface area (Å²) >= 11 is 0. The van der Waals surface area contributed by atoms with Crippen LogP contribution in [0.15, 0.2) is 24.9 Å². The molecule has 0 bridgehead atoms. The molecule has 0 saturated carbocycles. The van der Waals surface area contributed by atoms with Crippen LogP contribution in [0.25, 0.3) is 0 Å². The molecule has 0 aromatic carbocycles. The van der Waals surface area contributed by atoms with Crippen LogP contribution in [0.3, 0.4) is 0 Å². The van der Waals surface area contributed by atoms with Gasteiger partial charge in [0.2, 0.25) is 0 Å². The van der Waals surface area contributed by atoms with E-state index in [-0.39, 0.29) is 5.91 Å². The molecule has 1 amide bonds. The van der Waals surface area contributed by atoms with Gasteiger partial charge in [-0.1, -0.05) is 6.58 Å². The van der Waals surface area contributed by atoms with Crippen molar-refractivity contribution in [2.75, 3.05) is 6.54 Å². The van der Waals surface area contributed by atoms with Gasteiger partial charge in [0.1, 0.15) is 0 Å².